The molecule has 1 aromatic carbocycles. The number of piperidine rings is 1. The number of amides is 1. The van der Waals surface area contributed by atoms with Crippen LogP contribution in [0.25, 0.3) is 0 Å². The van der Waals surface area contributed by atoms with Gasteiger partial charge in [0, 0.05) is 43.8 Å². The van der Waals surface area contributed by atoms with Crippen LogP contribution >= 0.6 is 12.4 Å². The fourth-order valence-corrected chi connectivity index (χ4v) is 3.45. The summed E-state index contributed by atoms with van der Waals surface area (Å²) < 4.78 is 13.0. The highest BCUT2D eigenvalue weighted by Crippen LogP contribution is 2.21. The maximum Gasteiger partial charge on any atom is 0.225 e. The first-order valence-corrected chi connectivity index (χ1v) is 8.16. The normalized spacial score (nSPS) is 25.0. The Bertz CT molecular complexity index is 517. The topological polar surface area (TPSA) is 35.6 Å². The Labute approximate surface area is 143 Å². The maximum absolute atomic E-state index is 13.0. The molecule has 1 amide bonds. The second kappa shape index (κ2) is 7.97. The molecule has 1 N–H and O–H groups in total. The predicted octanol–water partition coefficient (Wildman–Crippen LogP) is 2.28. The van der Waals surface area contributed by atoms with Crippen LogP contribution in [-0.2, 0) is 4.79 Å². The number of piperazine rings is 1. The zero-order valence-electron chi connectivity index (χ0n) is 13.5. The molecule has 128 valence electrons. The average Bonchev–Trinajstić information content (AvgIpc) is 2.55. The molecule has 0 saturated carbocycles. The molecule has 3 rings (SSSR count). The number of hydrogen-bond acceptors (Lipinski definition) is 3. The van der Waals surface area contributed by atoms with Crippen molar-refractivity contribution in [3.8, 4) is 0 Å². The molecule has 2 atom stereocenters. The van der Waals surface area contributed by atoms with Crippen LogP contribution < -0.4 is 10.2 Å². The van der Waals surface area contributed by atoms with Crippen LogP contribution in [0.2, 0.25) is 0 Å². The number of carbonyl (C=O) groups is 1. The molecule has 2 heterocycles. The average molecular weight is 342 g/mol. The van der Waals surface area contributed by atoms with Crippen molar-refractivity contribution in [1.82, 2.24) is 10.2 Å². The molecule has 2 fully saturated rings. The Morgan fingerprint density at radius 2 is 1.83 bits per heavy atom. The van der Waals surface area contributed by atoms with Crippen molar-refractivity contribution < 1.29 is 9.18 Å². The van der Waals surface area contributed by atoms with Gasteiger partial charge in [-0.2, -0.15) is 0 Å². The fourth-order valence-electron chi connectivity index (χ4n) is 3.45. The van der Waals surface area contributed by atoms with Crippen LogP contribution in [0.15, 0.2) is 24.3 Å². The Morgan fingerprint density at radius 3 is 2.43 bits per heavy atom. The zero-order valence-corrected chi connectivity index (χ0v) is 14.3. The van der Waals surface area contributed by atoms with E-state index in [0.29, 0.717) is 11.9 Å². The second-order valence-electron chi connectivity index (χ2n) is 6.37. The van der Waals surface area contributed by atoms with Gasteiger partial charge < -0.3 is 15.1 Å². The van der Waals surface area contributed by atoms with Crippen LogP contribution in [-0.4, -0.2) is 49.6 Å². The number of carbonyl (C=O) groups excluding carboxylic acids is 1. The van der Waals surface area contributed by atoms with Gasteiger partial charge in [-0.25, -0.2) is 4.39 Å². The summed E-state index contributed by atoms with van der Waals surface area (Å²) in [5, 5.41) is 3.39. The maximum atomic E-state index is 13.0. The Balaban J connectivity index is 0.00000192. The monoisotopic (exact) mass is 341 g/mol. The summed E-state index contributed by atoms with van der Waals surface area (Å²) in [5.41, 5.74) is 1.03. The molecular weight excluding hydrogens is 317 g/mol. The molecular formula is C17H25ClFN3O. The minimum atomic E-state index is -0.211. The number of nitrogens with zero attached hydrogens (tertiary/aromatic N) is 2. The van der Waals surface area contributed by atoms with Crippen LogP contribution in [0, 0.1) is 11.7 Å². The smallest absolute Gasteiger partial charge is 0.225 e. The highest BCUT2D eigenvalue weighted by molar-refractivity contribution is 5.85. The van der Waals surface area contributed by atoms with E-state index < -0.39 is 0 Å². The lowest BCUT2D eigenvalue weighted by Crippen LogP contribution is -2.52. The Kier molecular flexibility index (Phi) is 6.25. The van der Waals surface area contributed by atoms with Gasteiger partial charge in [0.25, 0.3) is 0 Å². The first-order chi connectivity index (χ1) is 10.6. The van der Waals surface area contributed by atoms with Crippen molar-refractivity contribution >= 4 is 24.0 Å². The molecule has 0 aromatic heterocycles. The van der Waals surface area contributed by atoms with Crippen molar-refractivity contribution in [2.75, 3.05) is 37.6 Å². The van der Waals surface area contributed by atoms with Gasteiger partial charge in [0.2, 0.25) is 5.91 Å². The lowest BCUT2D eigenvalue weighted by atomic mass is 9.92. The molecule has 23 heavy (non-hydrogen) atoms. The minimum Gasteiger partial charge on any atom is -0.368 e. The number of anilines is 1. The van der Waals surface area contributed by atoms with Crippen molar-refractivity contribution in [1.29, 1.82) is 0 Å². The molecule has 0 aliphatic carbocycles. The summed E-state index contributed by atoms with van der Waals surface area (Å²) >= 11 is 0. The van der Waals surface area contributed by atoms with E-state index in [0.717, 1.165) is 51.3 Å². The van der Waals surface area contributed by atoms with Gasteiger partial charge in [-0.3, -0.25) is 4.79 Å². The molecule has 0 radical (unpaired) electrons. The molecule has 2 aliphatic rings. The standard InChI is InChI=1S/C17H24FN3O.ClH/c1-13-12-14(6-7-19-13)17(22)21-10-8-20(9-11-21)16-4-2-15(18)3-5-16;/h2-5,13-14,19H,6-12H2,1H3;1H/t13-,14-;/m0./s1. The zero-order chi connectivity index (χ0) is 15.5. The number of benzene rings is 1. The third-order valence-electron chi connectivity index (χ3n) is 4.76. The first-order valence-electron chi connectivity index (χ1n) is 8.16. The van der Waals surface area contributed by atoms with Gasteiger partial charge in [0.15, 0.2) is 0 Å². The van der Waals surface area contributed by atoms with Gasteiger partial charge in [-0.15, -0.1) is 12.4 Å². The summed E-state index contributed by atoms with van der Waals surface area (Å²) in [6.45, 7) is 6.23. The van der Waals surface area contributed by atoms with E-state index in [-0.39, 0.29) is 24.1 Å². The molecule has 4 nitrogen and oxygen atoms in total. The van der Waals surface area contributed by atoms with E-state index in [1.807, 2.05) is 4.90 Å². The van der Waals surface area contributed by atoms with E-state index in [9.17, 15) is 9.18 Å². The van der Waals surface area contributed by atoms with Gasteiger partial charge in [-0.1, -0.05) is 0 Å². The SMILES string of the molecule is C[C@H]1C[C@@H](C(=O)N2CCN(c3ccc(F)cc3)CC2)CCN1.Cl. The lowest BCUT2D eigenvalue weighted by molar-refractivity contribution is -0.137. The van der Waals surface area contributed by atoms with Crippen LogP contribution in [0.5, 0.6) is 0 Å². The summed E-state index contributed by atoms with van der Waals surface area (Å²) in [6.07, 6.45) is 1.89. The Morgan fingerprint density at radius 1 is 1.17 bits per heavy atom. The van der Waals surface area contributed by atoms with E-state index in [1.54, 1.807) is 12.1 Å². The number of halogens is 2. The first kappa shape index (κ1) is 18.0. The lowest BCUT2D eigenvalue weighted by Gasteiger charge is -2.39. The van der Waals surface area contributed by atoms with E-state index in [2.05, 4.69) is 17.1 Å². The van der Waals surface area contributed by atoms with Crippen LogP contribution in [0.1, 0.15) is 19.8 Å². The second-order valence-corrected chi connectivity index (χ2v) is 6.37. The molecule has 1 aromatic rings. The molecule has 0 bridgehead atoms. The van der Waals surface area contributed by atoms with Gasteiger partial charge in [-0.05, 0) is 50.6 Å². The van der Waals surface area contributed by atoms with E-state index in [4.69, 9.17) is 0 Å². The Hall–Kier alpha value is -1.33. The molecule has 2 saturated heterocycles. The van der Waals surface area contributed by atoms with E-state index >= 15 is 0 Å². The number of nitrogens with one attached hydrogen (secondary N) is 1. The van der Waals surface area contributed by atoms with Crippen molar-refractivity contribution in [2.24, 2.45) is 5.92 Å². The summed E-state index contributed by atoms with van der Waals surface area (Å²) in [4.78, 5) is 16.8. The molecule has 0 unspecified atom stereocenters. The molecule has 6 heteroatoms. The van der Waals surface area contributed by atoms with E-state index in [1.165, 1.54) is 12.1 Å². The largest absolute Gasteiger partial charge is 0.368 e. The van der Waals surface area contributed by atoms with Crippen LogP contribution in [0.4, 0.5) is 10.1 Å². The quantitative estimate of drug-likeness (QED) is 0.896. The third-order valence-corrected chi connectivity index (χ3v) is 4.76. The highest BCUT2D eigenvalue weighted by atomic mass is 35.5. The third kappa shape index (κ3) is 4.36. The minimum absolute atomic E-state index is 0. The van der Waals surface area contributed by atoms with Crippen molar-refractivity contribution in [3.63, 3.8) is 0 Å². The number of rotatable bonds is 2. The number of hydrogen-bond donors (Lipinski definition) is 1. The summed E-state index contributed by atoms with van der Waals surface area (Å²) in [6, 6.07) is 7.03. The van der Waals surface area contributed by atoms with Gasteiger partial charge in [0.05, 0.1) is 0 Å². The summed E-state index contributed by atoms with van der Waals surface area (Å²) in [5.74, 6) is 0.276. The van der Waals surface area contributed by atoms with Crippen LogP contribution in [0.3, 0.4) is 0 Å². The fraction of sp³-hybridized carbons (Fsp3) is 0.588. The van der Waals surface area contributed by atoms with Gasteiger partial charge >= 0.3 is 0 Å². The van der Waals surface area contributed by atoms with Gasteiger partial charge in [0.1, 0.15) is 5.82 Å². The highest BCUT2D eigenvalue weighted by Gasteiger charge is 2.30. The molecule has 2 aliphatic heterocycles. The summed E-state index contributed by atoms with van der Waals surface area (Å²) in [7, 11) is 0. The van der Waals surface area contributed by atoms with Crippen molar-refractivity contribution in [3.05, 3.63) is 30.1 Å². The predicted molar refractivity (Wildman–Crippen MR) is 92.6 cm³/mol. The molecule has 0 spiro atoms. The van der Waals surface area contributed by atoms with Crippen molar-refractivity contribution in [2.45, 2.75) is 25.8 Å².